The van der Waals surface area contributed by atoms with Crippen LogP contribution in [0, 0.1) is 11.3 Å². The van der Waals surface area contributed by atoms with E-state index in [9.17, 15) is 4.79 Å². The van der Waals surface area contributed by atoms with Crippen LogP contribution < -0.4 is 0 Å². The third-order valence-corrected chi connectivity index (χ3v) is 1.84. The second-order valence-electron chi connectivity index (χ2n) is 1.94. The summed E-state index contributed by atoms with van der Waals surface area (Å²) in [6.45, 7) is 0. The van der Waals surface area contributed by atoms with Crippen molar-refractivity contribution in [3.63, 3.8) is 0 Å². The number of hydrogen-bond acceptors (Lipinski definition) is 3. The van der Waals surface area contributed by atoms with Crippen molar-refractivity contribution in [1.29, 1.82) is 5.26 Å². The van der Waals surface area contributed by atoms with E-state index in [1.165, 1.54) is 12.3 Å². The Morgan fingerprint density at radius 3 is 2.83 bits per heavy atom. The van der Waals surface area contributed by atoms with E-state index in [0.717, 1.165) is 0 Å². The first kappa shape index (κ1) is 8.68. The van der Waals surface area contributed by atoms with Gasteiger partial charge in [-0.15, -0.1) is 0 Å². The van der Waals surface area contributed by atoms with Crippen LogP contribution in [-0.4, -0.2) is 16.1 Å². The van der Waals surface area contributed by atoms with E-state index >= 15 is 0 Å². The van der Waals surface area contributed by atoms with E-state index in [1.807, 2.05) is 0 Å². The van der Waals surface area contributed by atoms with Gasteiger partial charge >= 0.3 is 5.97 Å². The zero-order chi connectivity index (χ0) is 9.14. The highest BCUT2D eigenvalue weighted by molar-refractivity contribution is 9.10. The molecule has 0 aliphatic rings. The summed E-state index contributed by atoms with van der Waals surface area (Å²) in [5, 5.41) is 17.2. The highest BCUT2D eigenvalue weighted by Gasteiger charge is 2.14. The summed E-state index contributed by atoms with van der Waals surface area (Å²) in [4.78, 5) is 14.3. The van der Waals surface area contributed by atoms with E-state index in [2.05, 4.69) is 20.9 Å². The van der Waals surface area contributed by atoms with Crippen molar-refractivity contribution in [2.24, 2.45) is 0 Å². The molecule has 1 aromatic heterocycles. The van der Waals surface area contributed by atoms with Crippen molar-refractivity contribution in [3.05, 3.63) is 28.0 Å². The monoisotopic (exact) mass is 226 g/mol. The molecular formula is C7H3BrN2O2. The molecule has 0 saturated heterocycles. The first-order chi connectivity index (χ1) is 5.66. The van der Waals surface area contributed by atoms with Gasteiger partial charge in [0.1, 0.15) is 16.2 Å². The van der Waals surface area contributed by atoms with Crippen LogP contribution >= 0.6 is 15.9 Å². The normalized spacial score (nSPS) is 9.00. The predicted octanol–water partition coefficient (Wildman–Crippen LogP) is 1.41. The third-order valence-electron chi connectivity index (χ3n) is 1.24. The molecule has 60 valence electrons. The molecule has 0 aromatic carbocycles. The van der Waals surface area contributed by atoms with Gasteiger partial charge in [0.25, 0.3) is 0 Å². The summed E-state index contributed by atoms with van der Waals surface area (Å²) in [5.74, 6) is -1.16. The van der Waals surface area contributed by atoms with Crippen molar-refractivity contribution in [3.8, 4) is 6.07 Å². The highest BCUT2D eigenvalue weighted by Crippen LogP contribution is 2.16. The molecule has 0 bridgehead atoms. The van der Waals surface area contributed by atoms with Gasteiger partial charge in [-0.2, -0.15) is 5.26 Å². The van der Waals surface area contributed by atoms with Crippen LogP contribution in [0.25, 0.3) is 0 Å². The molecule has 0 unspecified atom stereocenters. The fourth-order valence-corrected chi connectivity index (χ4v) is 1.23. The molecule has 1 N–H and O–H groups in total. The Morgan fingerprint density at radius 1 is 1.75 bits per heavy atom. The quantitative estimate of drug-likeness (QED) is 0.736. The Hall–Kier alpha value is -1.41. The topological polar surface area (TPSA) is 74.0 Å². The van der Waals surface area contributed by atoms with Crippen molar-refractivity contribution < 1.29 is 9.90 Å². The van der Waals surface area contributed by atoms with Gasteiger partial charge in [-0.1, -0.05) is 0 Å². The lowest BCUT2D eigenvalue weighted by atomic mass is 10.2. The van der Waals surface area contributed by atoms with Crippen molar-refractivity contribution in [1.82, 2.24) is 4.98 Å². The van der Waals surface area contributed by atoms with E-state index < -0.39 is 5.97 Å². The average molecular weight is 227 g/mol. The van der Waals surface area contributed by atoms with Crippen LogP contribution in [0.15, 0.2) is 16.9 Å². The molecule has 0 spiro atoms. The van der Waals surface area contributed by atoms with E-state index in [0.29, 0.717) is 0 Å². The Morgan fingerprint density at radius 2 is 2.42 bits per heavy atom. The number of rotatable bonds is 1. The molecule has 0 aliphatic carbocycles. The summed E-state index contributed by atoms with van der Waals surface area (Å²) in [5.41, 5.74) is 0.00405. The smallest absolute Gasteiger partial charge is 0.339 e. The fourth-order valence-electron chi connectivity index (χ4n) is 0.733. The maximum Gasteiger partial charge on any atom is 0.339 e. The molecular weight excluding hydrogens is 224 g/mol. The van der Waals surface area contributed by atoms with Crippen molar-refractivity contribution >= 4 is 21.9 Å². The number of halogens is 1. The van der Waals surface area contributed by atoms with Gasteiger partial charge < -0.3 is 5.11 Å². The zero-order valence-electron chi connectivity index (χ0n) is 5.78. The van der Waals surface area contributed by atoms with Gasteiger partial charge in [-0.25, -0.2) is 9.78 Å². The van der Waals surface area contributed by atoms with Gasteiger partial charge in [0.15, 0.2) is 0 Å². The summed E-state index contributed by atoms with van der Waals surface area (Å²) in [6, 6.07) is 3.12. The number of nitriles is 1. The average Bonchev–Trinajstić information content (AvgIpc) is 2.03. The molecule has 1 heterocycles. The molecule has 0 radical (unpaired) electrons. The maximum atomic E-state index is 10.6. The van der Waals surface area contributed by atoms with Crippen LogP contribution in [0.4, 0.5) is 0 Å². The van der Waals surface area contributed by atoms with E-state index in [1.54, 1.807) is 6.07 Å². The SMILES string of the molecule is N#Cc1ccnc(Br)c1C(=O)O. The molecule has 0 amide bonds. The number of pyridine rings is 1. The van der Waals surface area contributed by atoms with Gasteiger partial charge in [0.2, 0.25) is 0 Å². The first-order valence-corrected chi connectivity index (χ1v) is 3.74. The maximum absolute atomic E-state index is 10.6. The number of hydrogen-bond donors (Lipinski definition) is 1. The molecule has 1 aromatic rings. The van der Waals surface area contributed by atoms with Crippen LogP contribution in [0.2, 0.25) is 0 Å². The summed E-state index contributed by atoms with van der Waals surface area (Å²) in [7, 11) is 0. The molecule has 5 heteroatoms. The Balaban J connectivity index is 3.42. The summed E-state index contributed by atoms with van der Waals surface area (Å²) in [6.07, 6.45) is 1.37. The van der Waals surface area contributed by atoms with E-state index in [-0.39, 0.29) is 15.7 Å². The first-order valence-electron chi connectivity index (χ1n) is 2.94. The van der Waals surface area contributed by atoms with Crippen LogP contribution in [0.3, 0.4) is 0 Å². The lowest BCUT2D eigenvalue weighted by Gasteiger charge is -1.98. The molecule has 0 saturated carbocycles. The number of carboxylic acid groups (broad SMARTS) is 1. The lowest BCUT2D eigenvalue weighted by Crippen LogP contribution is -2.02. The van der Waals surface area contributed by atoms with Crippen LogP contribution in [-0.2, 0) is 0 Å². The van der Waals surface area contributed by atoms with Crippen LogP contribution in [0.5, 0.6) is 0 Å². The molecule has 0 atom stereocenters. The standard InChI is InChI=1S/C7H3BrN2O2/c8-6-5(7(11)12)4(3-9)1-2-10-6/h1-2H,(H,11,12). The Labute approximate surface area is 76.6 Å². The number of carboxylic acids is 1. The second-order valence-corrected chi connectivity index (χ2v) is 2.69. The minimum Gasteiger partial charge on any atom is -0.478 e. The Kier molecular flexibility index (Phi) is 2.41. The van der Waals surface area contributed by atoms with Gasteiger partial charge in [0.05, 0.1) is 5.56 Å². The lowest BCUT2D eigenvalue weighted by molar-refractivity contribution is 0.0695. The van der Waals surface area contributed by atoms with Crippen LogP contribution in [0.1, 0.15) is 15.9 Å². The number of aromatic nitrogens is 1. The van der Waals surface area contributed by atoms with E-state index in [4.69, 9.17) is 10.4 Å². The zero-order valence-corrected chi connectivity index (χ0v) is 7.37. The van der Waals surface area contributed by atoms with Gasteiger partial charge in [0, 0.05) is 6.20 Å². The second kappa shape index (κ2) is 3.32. The summed E-state index contributed by atoms with van der Waals surface area (Å²) >= 11 is 2.95. The third kappa shape index (κ3) is 1.43. The molecule has 0 fully saturated rings. The van der Waals surface area contributed by atoms with Crippen molar-refractivity contribution in [2.75, 3.05) is 0 Å². The van der Waals surface area contributed by atoms with Gasteiger partial charge in [-0.3, -0.25) is 0 Å². The molecule has 12 heavy (non-hydrogen) atoms. The summed E-state index contributed by atoms with van der Waals surface area (Å²) < 4.78 is 0.175. The molecule has 1 rings (SSSR count). The number of nitrogens with zero attached hydrogens (tertiary/aromatic N) is 2. The molecule has 0 aliphatic heterocycles. The number of aromatic carboxylic acids is 1. The largest absolute Gasteiger partial charge is 0.478 e. The highest BCUT2D eigenvalue weighted by atomic mass is 79.9. The minimum absolute atomic E-state index is 0.0972. The van der Waals surface area contributed by atoms with Gasteiger partial charge in [-0.05, 0) is 22.0 Å². The Bertz CT molecular complexity index is 370. The fraction of sp³-hybridized carbons (Fsp3) is 0. The number of carbonyl (C=O) groups is 1. The minimum atomic E-state index is -1.16. The van der Waals surface area contributed by atoms with Crippen molar-refractivity contribution in [2.45, 2.75) is 0 Å². The molecule has 4 nitrogen and oxygen atoms in total. The predicted molar refractivity (Wildman–Crippen MR) is 43.6 cm³/mol.